The average molecular weight is 605 g/mol. The molecular formula is C37H52O5Si. The van der Waals surface area contributed by atoms with E-state index < -0.39 is 19.5 Å². The van der Waals surface area contributed by atoms with Gasteiger partial charge < -0.3 is 23.7 Å². The van der Waals surface area contributed by atoms with Gasteiger partial charge in [0.1, 0.15) is 0 Å². The summed E-state index contributed by atoms with van der Waals surface area (Å²) >= 11 is 0. The molecule has 0 bridgehead atoms. The lowest BCUT2D eigenvalue weighted by Crippen LogP contribution is -2.66. The summed E-state index contributed by atoms with van der Waals surface area (Å²) in [4.78, 5) is 0. The third kappa shape index (κ3) is 8.44. The van der Waals surface area contributed by atoms with Crippen LogP contribution in [0.2, 0.25) is 5.04 Å². The van der Waals surface area contributed by atoms with Gasteiger partial charge in [-0.25, -0.2) is 0 Å². The van der Waals surface area contributed by atoms with E-state index in [9.17, 15) is 5.11 Å². The Morgan fingerprint density at radius 2 is 1.33 bits per heavy atom. The van der Waals surface area contributed by atoms with Gasteiger partial charge in [0.15, 0.2) is 5.79 Å². The molecule has 4 rings (SSSR count). The minimum atomic E-state index is -2.62. The van der Waals surface area contributed by atoms with Crippen molar-refractivity contribution < 1.29 is 23.7 Å². The van der Waals surface area contributed by atoms with E-state index >= 15 is 0 Å². The molecule has 0 aromatic heterocycles. The molecule has 5 nitrogen and oxygen atoms in total. The standard InChI is InChI=1S/C37H52O5Si/c1-35(2,3)43(32-19-13-9-14-20-32,33-21-15-10-16-22-33)40-24-23-30-25-31(42-37(6,7)41-30)26-34(36(4,5)28-38)39-27-29-17-11-8-12-18-29/h8-22,30-31,34,38H,23-28H2,1-7H3/t30-,31+,34-/m0/s1. The van der Waals surface area contributed by atoms with E-state index in [0.717, 1.165) is 18.4 Å². The van der Waals surface area contributed by atoms with Crippen molar-refractivity contribution in [2.75, 3.05) is 13.2 Å². The highest BCUT2D eigenvalue weighted by Crippen LogP contribution is 2.38. The fourth-order valence-corrected chi connectivity index (χ4v) is 10.9. The fraction of sp³-hybridized carbons (Fsp3) is 0.514. The molecule has 0 spiro atoms. The van der Waals surface area contributed by atoms with Crippen LogP contribution in [0.15, 0.2) is 91.0 Å². The topological polar surface area (TPSA) is 57.2 Å². The first kappa shape index (κ1) is 33.6. The Kier molecular flexibility index (Phi) is 11.1. The molecule has 1 N–H and O–H groups in total. The molecule has 0 aliphatic carbocycles. The molecule has 234 valence electrons. The molecule has 1 aliphatic rings. The second kappa shape index (κ2) is 14.2. The molecule has 0 radical (unpaired) electrons. The maximum atomic E-state index is 10.2. The molecular weight excluding hydrogens is 552 g/mol. The third-order valence-electron chi connectivity index (χ3n) is 8.65. The van der Waals surface area contributed by atoms with Gasteiger partial charge in [-0.1, -0.05) is 126 Å². The number of benzene rings is 3. The molecule has 1 heterocycles. The highest BCUT2D eigenvalue weighted by molar-refractivity contribution is 6.99. The highest BCUT2D eigenvalue weighted by Gasteiger charge is 2.50. The molecule has 0 unspecified atom stereocenters. The average Bonchev–Trinajstić information content (AvgIpc) is 2.97. The molecule has 43 heavy (non-hydrogen) atoms. The summed E-state index contributed by atoms with van der Waals surface area (Å²) in [5, 5.41) is 12.7. The number of hydrogen-bond donors (Lipinski definition) is 1. The maximum Gasteiger partial charge on any atom is 0.261 e. The molecule has 3 atom stereocenters. The Labute approximate surface area is 260 Å². The van der Waals surface area contributed by atoms with Gasteiger partial charge in [0.05, 0.1) is 31.5 Å². The number of aliphatic hydroxyl groups excluding tert-OH is 1. The SMILES string of the molecule is CC1(C)O[C@@H](C[C@H](OCc2ccccc2)C(C)(C)CO)C[C@H](CCO[Si](c2ccccc2)(c2ccccc2)C(C)(C)C)O1. The van der Waals surface area contributed by atoms with Crippen molar-refractivity contribution in [1.29, 1.82) is 0 Å². The van der Waals surface area contributed by atoms with Gasteiger partial charge in [0.2, 0.25) is 0 Å². The largest absolute Gasteiger partial charge is 0.407 e. The van der Waals surface area contributed by atoms with E-state index in [2.05, 4.69) is 107 Å². The molecule has 1 saturated heterocycles. The van der Waals surface area contributed by atoms with Crippen LogP contribution in [0.1, 0.15) is 73.3 Å². The highest BCUT2D eigenvalue weighted by atomic mass is 28.4. The predicted molar refractivity (Wildman–Crippen MR) is 177 cm³/mol. The van der Waals surface area contributed by atoms with Crippen LogP contribution in [0.3, 0.4) is 0 Å². The van der Waals surface area contributed by atoms with Crippen molar-refractivity contribution in [3.05, 3.63) is 96.6 Å². The Hall–Kier alpha value is -2.32. The quantitative estimate of drug-likeness (QED) is 0.216. The zero-order valence-electron chi connectivity index (χ0n) is 27.2. The minimum absolute atomic E-state index is 0.0148. The van der Waals surface area contributed by atoms with E-state index in [1.807, 2.05) is 32.0 Å². The van der Waals surface area contributed by atoms with Crippen LogP contribution in [0.25, 0.3) is 0 Å². The Morgan fingerprint density at radius 3 is 1.84 bits per heavy atom. The predicted octanol–water partition coefficient (Wildman–Crippen LogP) is 6.86. The van der Waals surface area contributed by atoms with Crippen molar-refractivity contribution in [3.8, 4) is 0 Å². The summed E-state index contributed by atoms with van der Waals surface area (Å²) in [5.41, 5.74) is 0.704. The number of hydrogen-bond acceptors (Lipinski definition) is 5. The second-order valence-corrected chi connectivity index (χ2v) is 18.4. The lowest BCUT2D eigenvalue weighted by molar-refractivity contribution is -0.306. The van der Waals surface area contributed by atoms with Crippen molar-refractivity contribution >= 4 is 18.7 Å². The van der Waals surface area contributed by atoms with Gasteiger partial charge in [-0.15, -0.1) is 0 Å². The molecule has 1 aliphatic heterocycles. The summed E-state index contributed by atoms with van der Waals surface area (Å²) in [6, 6.07) is 31.7. The maximum absolute atomic E-state index is 10.2. The van der Waals surface area contributed by atoms with Crippen molar-refractivity contribution in [3.63, 3.8) is 0 Å². The summed E-state index contributed by atoms with van der Waals surface area (Å²) in [6.07, 6.45) is 1.95. The molecule has 1 fully saturated rings. The zero-order valence-corrected chi connectivity index (χ0v) is 28.2. The van der Waals surface area contributed by atoms with Crippen LogP contribution in [0.4, 0.5) is 0 Å². The summed E-state index contributed by atoms with van der Waals surface area (Å²) in [5.74, 6) is -0.724. The summed E-state index contributed by atoms with van der Waals surface area (Å²) in [7, 11) is -2.62. The van der Waals surface area contributed by atoms with E-state index in [1.165, 1.54) is 10.4 Å². The van der Waals surface area contributed by atoms with E-state index in [0.29, 0.717) is 19.6 Å². The van der Waals surface area contributed by atoms with Gasteiger partial charge in [0, 0.05) is 24.9 Å². The monoisotopic (exact) mass is 604 g/mol. The van der Waals surface area contributed by atoms with E-state index in [-0.39, 0.29) is 30.0 Å². The van der Waals surface area contributed by atoms with Crippen LogP contribution >= 0.6 is 0 Å². The Balaban J connectivity index is 1.49. The first-order chi connectivity index (χ1) is 20.4. The van der Waals surface area contributed by atoms with Crippen LogP contribution in [-0.4, -0.2) is 50.7 Å². The molecule has 3 aromatic rings. The third-order valence-corrected chi connectivity index (χ3v) is 13.7. The number of rotatable bonds is 13. The molecule has 3 aromatic carbocycles. The summed E-state index contributed by atoms with van der Waals surface area (Å²) < 4.78 is 26.5. The molecule has 6 heteroatoms. The van der Waals surface area contributed by atoms with Gasteiger partial charge in [0.25, 0.3) is 8.32 Å². The zero-order chi connectivity index (χ0) is 31.1. The second-order valence-electron chi connectivity index (χ2n) is 14.1. The Bertz CT molecular complexity index is 1200. The lowest BCUT2D eigenvalue weighted by atomic mass is 9.83. The van der Waals surface area contributed by atoms with Gasteiger partial charge in [-0.05, 0) is 41.2 Å². The van der Waals surface area contributed by atoms with Crippen molar-refractivity contribution in [2.45, 2.75) is 103 Å². The Morgan fingerprint density at radius 1 is 0.814 bits per heavy atom. The van der Waals surface area contributed by atoms with Crippen LogP contribution < -0.4 is 10.4 Å². The van der Waals surface area contributed by atoms with E-state index in [4.69, 9.17) is 18.6 Å². The van der Waals surface area contributed by atoms with Crippen molar-refractivity contribution in [2.24, 2.45) is 5.41 Å². The fourth-order valence-electron chi connectivity index (χ4n) is 6.37. The van der Waals surface area contributed by atoms with Crippen molar-refractivity contribution in [1.82, 2.24) is 0 Å². The lowest BCUT2D eigenvalue weighted by Gasteiger charge is -2.45. The summed E-state index contributed by atoms with van der Waals surface area (Å²) in [6.45, 7) is 16.2. The van der Waals surface area contributed by atoms with Crippen LogP contribution in [0, 0.1) is 5.41 Å². The number of ether oxygens (including phenoxy) is 3. The first-order valence-corrected chi connectivity index (χ1v) is 17.6. The first-order valence-electron chi connectivity index (χ1n) is 15.7. The normalized spacial score (nSPS) is 20.1. The number of aliphatic hydroxyl groups is 1. The van der Waals surface area contributed by atoms with Gasteiger partial charge in [-0.3, -0.25) is 0 Å². The van der Waals surface area contributed by atoms with Gasteiger partial charge >= 0.3 is 0 Å². The minimum Gasteiger partial charge on any atom is -0.407 e. The van der Waals surface area contributed by atoms with Gasteiger partial charge in [-0.2, -0.15) is 0 Å². The molecule has 0 amide bonds. The van der Waals surface area contributed by atoms with E-state index in [1.54, 1.807) is 0 Å². The van der Waals surface area contributed by atoms with Crippen LogP contribution in [0.5, 0.6) is 0 Å². The van der Waals surface area contributed by atoms with Crippen LogP contribution in [-0.2, 0) is 25.2 Å². The molecule has 0 saturated carbocycles. The smallest absolute Gasteiger partial charge is 0.261 e.